The molecule has 2 fully saturated rings. The van der Waals surface area contributed by atoms with Crippen LogP contribution in [0.5, 0.6) is 0 Å². The number of unbranched alkanes of at least 4 members (excludes halogenated alkanes) is 1. The summed E-state index contributed by atoms with van der Waals surface area (Å²) in [6.07, 6.45) is 12.3. The van der Waals surface area contributed by atoms with E-state index in [4.69, 9.17) is 0 Å². The van der Waals surface area contributed by atoms with Gasteiger partial charge in [-0.15, -0.1) is 0 Å². The van der Waals surface area contributed by atoms with Crippen LogP contribution in [0.3, 0.4) is 0 Å². The van der Waals surface area contributed by atoms with Crippen molar-refractivity contribution in [3.8, 4) is 0 Å². The van der Waals surface area contributed by atoms with E-state index >= 15 is 0 Å². The Hall–Kier alpha value is -0.260. The molecule has 0 spiro atoms. The van der Waals surface area contributed by atoms with Gasteiger partial charge in [0, 0.05) is 0 Å². The Balaban J connectivity index is 1.70. The van der Waals surface area contributed by atoms with Crippen molar-refractivity contribution in [1.82, 2.24) is 0 Å². The summed E-state index contributed by atoms with van der Waals surface area (Å²) in [7, 11) is 0. The number of fused-ring (bicyclic) bond motifs is 1. The van der Waals surface area contributed by atoms with Gasteiger partial charge < -0.3 is 0 Å². The Labute approximate surface area is 95.1 Å². The molecule has 0 N–H and O–H groups in total. The summed E-state index contributed by atoms with van der Waals surface area (Å²) >= 11 is 0. The molecule has 0 aliphatic heterocycles. The Morgan fingerprint density at radius 2 is 2.07 bits per heavy atom. The highest BCUT2D eigenvalue weighted by Gasteiger charge is 2.71. The predicted molar refractivity (Wildman–Crippen MR) is 66.8 cm³/mol. The summed E-state index contributed by atoms with van der Waals surface area (Å²) in [6.45, 7) is 7.06. The van der Waals surface area contributed by atoms with Gasteiger partial charge in [0.2, 0.25) is 0 Å². The molecular formula is C15H26. The maximum Gasteiger partial charge on any atom is -0.0237 e. The van der Waals surface area contributed by atoms with E-state index in [0.29, 0.717) is 0 Å². The molecule has 0 radical (unpaired) electrons. The van der Waals surface area contributed by atoms with E-state index < -0.39 is 0 Å². The lowest BCUT2D eigenvalue weighted by Crippen LogP contribution is -2.04. The third kappa shape index (κ3) is 2.29. The predicted octanol–water partition coefficient (Wildman–Crippen LogP) is 4.95. The Morgan fingerprint density at radius 3 is 2.53 bits per heavy atom. The molecule has 0 bridgehead atoms. The van der Waals surface area contributed by atoms with Gasteiger partial charge in [0.15, 0.2) is 0 Å². The van der Waals surface area contributed by atoms with E-state index in [0.717, 1.165) is 17.3 Å². The van der Waals surface area contributed by atoms with E-state index in [1.807, 2.05) is 0 Å². The number of allylic oxidation sites excluding steroid dienone is 2. The molecule has 1 unspecified atom stereocenters. The minimum atomic E-state index is 0.879. The fourth-order valence-electron chi connectivity index (χ4n) is 3.01. The highest BCUT2D eigenvalue weighted by Crippen LogP contribution is 2.79. The molecule has 0 saturated heterocycles. The average Bonchev–Trinajstić information content (AvgIpc) is 3.05. The van der Waals surface area contributed by atoms with Crippen LogP contribution in [0.4, 0.5) is 0 Å². The van der Waals surface area contributed by atoms with Gasteiger partial charge in [-0.2, -0.15) is 0 Å². The molecule has 2 rings (SSSR count). The molecule has 0 aromatic rings. The van der Waals surface area contributed by atoms with Crippen LogP contribution in [0.1, 0.15) is 65.7 Å². The standard InChI is InChI=1S/C15H26/c1-4-6-7-13(5-2)9-8-12(3)15-10-14(15)11-15/h7,12,14H,4-6,8-11H2,1-3H3. The second kappa shape index (κ2) is 4.31. The maximum atomic E-state index is 2.49. The second-order valence-corrected chi connectivity index (χ2v) is 5.78. The molecule has 2 saturated carbocycles. The van der Waals surface area contributed by atoms with E-state index in [-0.39, 0.29) is 0 Å². The van der Waals surface area contributed by atoms with Crippen LogP contribution in [0.25, 0.3) is 0 Å². The molecule has 2 aliphatic carbocycles. The molecular weight excluding hydrogens is 180 g/mol. The van der Waals surface area contributed by atoms with Gasteiger partial charge in [-0.25, -0.2) is 0 Å². The molecule has 2 aliphatic rings. The number of hydrogen-bond donors (Lipinski definition) is 0. The van der Waals surface area contributed by atoms with Crippen molar-refractivity contribution in [2.24, 2.45) is 17.3 Å². The molecule has 0 heterocycles. The summed E-state index contributed by atoms with van der Waals surface area (Å²) in [6, 6.07) is 0. The quantitative estimate of drug-likeness (QED) is 0.517. The molecule has 1 atom stereocenters. The monoisotopic (exact) mass is 206 g/mol. The minimum Gasteiger partial charge on any atom is -0.0854 e. The van der Waals surface area contributed by atoms with E-state index in [2.05, 4.69) is 26.8 Å². The van der Waals surface area contributed by atoms with Crippen molar-refractivity contribution in [3.05, 3.63) is 11.6 Å². The zero-order chi connectivity index (χ0) is 10.9. The molecule has 0 aromatic heterocycles. The SMILES string of the molecule is CCCC=C(CC)CCC(C)C12CC1C2. The maximum absolute atomic E-state index is 2.49. The summed E-state index contributed by atoms with van der Waals surface area (Å²) in [5, 5.41) is 0. The fraction of sp³-hybridized carbons (Fsp3) is 0.867. The first-order valence-corrected chi connectivity index (χ1v) is 6.90. The smallest absolute Gasteiger partial charge is 0.0237 e. The second-order valence-electron chi connectivity index (χ2n) is 5.78. The zero-order valence-electron chi connectivity index (χ0n) is 10.7. The van der Waals surface area contributed by atoms with Gasteiger partial charge in [0.05, 0.1) is 0 Å². The lowest BCUT2D eigenvalue weighted by atomic mass is 9.90. The van der Waals surface area contributed by atoms with Crippen molar-refractivity contribution in [2.45, 2.75) is 65.7 Å². The van der Waals surface area contributed by atoms with Gasteiger partial charge in [-0.3, -0.25) is 0 Å². The van der Waals surface area contributed by atoms with Gasteiger partial charge >= 0.3 is 0 Å². The summed E-state index contributed by atoms with van der Waals surface area (Å²) in [4.78, 5) is 0. The topological polar surface area (TPSA) is 0 Å². The summed E-state index contributed by atoms with van der Waals surface area (Å²) in [5.41, 5.74) is 2.59. The number of hydrogen-bond acceptors (Lipinski definition) is 0. The molecule has 0 aromatic carbocycles. The van der Waals surface area contributed by atoms with Gasteiger partial charge in [0.1, 0.15) is 0 Å². The van der Waals surface area contributed by atoms with E-state index in [1.165, 1.54) is 32.1 Å². The lowest BCUT2D eigenvalue weighted by molar-refractivity contribution is 0.390. The van der Waals surface area contributed by atoms with Crippen LogP contribution in [0.2, 0.25) is 0 Å². The van der Waals surface area contributed by atoms with Gasteiger partial charge in [0.25, 0.3) is 0 Å². The lowest BCUT2D eigenvalue weighted by Gasteiger charge is -2.15. The molecule has 0 amide bonds. The highest BCUT2D eigenvalue weighted by atomic mass is 14.8. The van der Waals surface area contributed by atoms with Crippen LogP contribution < -0.4 is 0 Å². The van der Waals surface area contributed by atoms with Crippen molar-refractivity contribution < 1.29 is 0 Å². The first kappa shape index (κ1) is 11.2. The highest BCUT2D eigenvalue weighted by molar-refractivity contribution is 5.20. The third-order valence-corrected chi connectivity index (χ3v) is 4.80. The van der Waals surface area contributed by atoms with Crippen molar-refractivity contribution in [3.63, 3.8) is 0 Å². The Bertz CT molecular complexity index is 243. The van der Waals surface area contributed by atoms with E-state index in [1.54, 1.807) is 18.4 Å². The van der Waals surface area contributed by atoms with Crippen molar-refractivity contribution in [1.29, 1.82) is 0 Å². The van der Waals surface area contributed by atoms with E-state index in [9.17, 15) is 0 Å². The van der Waals surface area contributed by atoms with Crippen LogP contribution >= 0.6 is 0 Å². The summed E-state index contributed by atoms with van der Waals surface area (Å²) < 4.78 is 0. The minimum absolute atomic E-state index is 0.879. The largest absolute Gasteiger partial charge is 0.0854 e. The molecule has 0 heteroatoms. The third-order valence-electron chi connectivity index (χ3n) is 4.80. The van der Waals surface area contributed by atoms with Crippen molar-refractivity contribution >= 4 is 0 Å². The van der Waals surface area contributed by atoms with Crippen LogP contribution in [-0.4, -0.2) is 0 Å². The normalized spacial score (nSPS) is 34.9. The molecule has 0 nitrogen and oxygen atoms in total. The van der Waals surface area contributed by atoms with Crippen LogP contribution in [0.15, 0.2) is 11.6 Å². The zero-order valence-corrected chi connectivity index (χ0v) is 10.7. The first-order valence-electron chi connectivity index (χ1n) is 6.90. The Morgan fingerprint density at radius 1 is 1.40 bits per heavy atom. The van der Waals surface area contributed by atoms with Gasteiger partial charge in [-0.1, -0.05) is 38.8 Å². The van der Waals surface area contributed by atoms with Crippen LogP contribution in [-0.2, 0) is 0 Å². The molecule has 15 heavy (non-hydrogen) atoms. The average molecular weight is 206 g/mol. The molecule has 86 valence electrons. The van der Waals surface area contributed by atoms with Crippen molar-refractivity contribution in [2.75, 3.05) is 0 Å². The first-order chi connectivity index (χ1) is 7.23. The Kier molecular flexibility index (Phi) is 3.23. The number of rotatable bonds is 7. The van der Waals surface area contributed by atoms with Crippen LogP contribution in [0, 0.1) is 17.3 Å². The van der Waals surface area contributed by atoms with Gasteiger partial charge in [-0.05, 0) is 55.8 Å². The summed E-state index contributed by atoms with van der Waals surface area (Å²) in [5.74, 6) is 2.16. The fourth-order valence-corrected chi connectivity index (χ4v) is 3.01.